The maximum Gasteiger partial charge on any atom is 0.291 e. The van der Waals surface area contributed by atoms with E-state index in [-0.39, 0.29) is 0 Å². The van der Waals surface area contributed by atoms with E-state index in [1.54, 1.807) is 0 Å². The van der Waals surface area contributed by atoms with Crippen LogP contribution in [-0.2, 0) is 20.5 Å². The molecule has 0 saturated carbocycles. The van der Waals surface area contributed by atoms with E-state index in [9.17, 15) is 0 Å². The summed E-state index contributed by atoms with van der Waals surface area (Å²) in [6.45, 7) is 6.71. The van der Waals surface area contributed by atoms with E-state index in [4.69, 9.17) is 4.98 Å². The molecule has 0 saturated heterocycles. The van der Waals surface area contributed by atoms with E-state index < -0.39 is 0 Å². The SMILES string of the molecule is Cc1ccc2nc(CC(C)C)sc2c1-c1n(C)c2ccccc2[n+]1C. The Morgan fingerprint density at radius 2 is 1.92 bits per heavy atom. The lowest BCUT2D eigenvalue weighted by Crippen LogP contribution is -2.30. The third-order valence-corrected chi connectivity index (χ3v) is 5.97. The number of para-hydroxylation sites is 2. The fourth-order valence-corrected chi connectivity index (χ4v) is 5.04. The number of rotatable bonds is 3. The maximum absolute atomic E-state index is 4.89. The largest absolute Gasteiger partial charge is 0.291 e. The molecule has 0 aliphatic carbocycles. The van der Waals surface area contributed by atoms with E-state index in [0.717, 1.165) is 11.9 Å². The van der Waals surface area contributed by atoms with Crippen molar-refractivity contribution in [2.24, 2.45) is 20.0 Å². The number of nitrogens with zero attached hydrogens (tertiary/aromatic N) is 3. The molecular weight excluding hydrogens is 326 g/mol. The van der Waals surface area contributed by atoms with Crippen molar-refractivity contribution in [3.8, 4) is 11.4 Å². The third kappa shape index (κ3) is 2.56. The number of thiazole rings is 1. The Morgan fingerprint density at radius 3 is 2.64 bits per heavy atom. The van der Waals surface area contributed by atoms with Crippen molar-refractivity contribution in [3.63, 3.8) is 0 Å². The Balaban J connectivity index is 2.04. The van der Waals surface area contributed by atoms with E-state index in [2.05, 4.69) is 80.4 Å². The van der Waals surface area contributed by atoms with E-state index in [0.29, 0.717) is 5.92 Å². The van der Waals surface area contributed by atoms with Crippen LogP contribution in [0.3, 0.4) is 0 Å². The van der Waals surface area contributed by atoms with Crippen molar-refractivity contribution in [1.29, 1.82) is 0 Å². The Labute approximate surface area is 152 Å². The van der Waals surface area contributed by atoms with Gasteiger partial charge in [-0.1, -0.05) is 32.0 Å². The lowest BCUT2D eigenvalue weighted by Gasteiger charge is -2.04. The maximum atomic E-state index is 4.89. The Morgan fingerprint density at radius 1 is 1.16 bits per heavy atom. The van der Waals surface area contributed by atoms with Gasteiger partial charge in [0, 0.05) is 6.42 Å². The minimum absolute atomic E-state index is 0.624. The summed E-state index contributed by atoms with van der Waals surface area (Å²) < 4.78 is 5.91. The predicted molar refractivity (Wildman–Crippen MR) is 106 cm³/mol. The van der Waals surface area contributed by atoms with Gasteiger partial charge in [0.15, 0.2) is 11.0 Å². The molecule has 0 aliphatic heterocycles. The number of imidazole rings is 1. The first-order chi connectivity index (χ1) is 12.0. The van der Waals surface area contributed by atoms with Crippen molar-refractivity contribution in [1.82, 2.24) is 9.55 Å². The van der Waals surface area contributed by atoms with Crippen LogP contribution in [-0.4, -0.2) is 9.55 Å². The zero-order chi connectivity index (χ0) is 17.7. The second-order valence-electron chi connectivity index (χ2n) is 7.24. The van der Waals surface area contributed by atoms with Crippen LogP contribution in [0.25, 0.3) is 32.6 Å². The third-order valence-electron chi connectivity index (χ3n) is 4.86. The first-order valence-corrected chi connectivity index (χ1v) is 9.62. The van der Waals surface area contributed by atoms with E-state index in [1.165, 1.54) is 37.7 Å². The number of benzene rings is 2. The molecule has 2 aromatic heterocycles. The molecule has 3 nitrogen and oxygen atoms in total. The predicted octanol–water partition coefficient (Wildman–Crippen LogP) is 4.79. The van der Waals surface area contributed by atoms with Gasteiger partial charge in [-0.3, -0.25) is 0 Å². The second-order valence-corrected chi connectivity index (χ2v) is 8.33. The normalized spacial score (nSPS) is 11.9. The van der Waals surface area contributed by atoms with Crippen LogP contribution in [0.5, 0.6) is 0 Å². The van der Waals surface area contributed by atoms with Crippen LogP contribution < -0.4 is 4.57 Å². The van der Waals surface area contributed by atoms with Crippen LogP contribution in [0.15, 0.2) is 36.4 Å². The minimum Gasteiger partial charge on any atom is -0.241 e. The van der Waals surface area contributed by atoms with Crippen LogP contribution in [0, 0.1) is 12.8 Å². The highest BCUT2D eigenvalue weighted by atomic mass is 32.1. The average Bonchev–Trinajstić information content (AvgIpc) is 3.08. The summed E-state index contributed by atoms with van der Waals surface area (Å²) in [4.78, 5) is 4.89. The van der Waals surface area contributed by atoms with Crippen LogP contribution in [0.1, 0.15) is 24.4 Å². The molecule has 0 bridgehead atoms. The molecular formula is C21H24N3S+. The summed E-state index contributed by atoms with van der Waals surface area (Å²) in [5.41, 5.74) is 6.23. The molecule has 2 heterocycles. The molecule has 128 valence electrons. The van der Waals surface area contributed by atoms with Crippen molar-refractivity contribution in [2.75, 3.05) is 0 Å². The van der Waals surface area contributed by atoms with Gasteiger partial charge in [0.1, 0.15) is 0 Å². The van der Waals surface area contributed by atoms with Crippen molar-refractivity contribution in [3.05, 3.63) is 47.0 Å². The monoisotopic (exact) mass is 350 g/mol. The Bertz CT molecular complexity index is 1050. The van der Waals surface area contributed by atoms with Crippen molar-refractivity contribution >= 4 is 32.6 Å². The second kappa shape index (κ2) is 5.95. The Hall–Kier alpha value is -2.20. The van der Waals surface area contributed by atoms with Gasteiger partial charge in [-0.2, -0.15) is 0 Å². The van der Waals surface area contributed by atoms with Gasteiger partial charge in [0.25, 0.3) is 5.82 Å². The average molecular weight is 351 g/mol. The van der Waals surface area contributed by atoms with Crippen molar-refractivity contribution in [2.45, 2.75) is 27.2 Å². The molecule has 0 aliphatic rings. The van der Waals surface area contributed by atoms with Gasteiger partial charge >= 0.3 is 0 Å². The van der Waals surface area contributed by atoms with E-state index >= 15 is 0 Å². The number of aryl methyl sites for hydroxylation is 3. The first-order valence-electron chi connectivity index (χ1n) is 8.80. The summed E-state index contributed by atoms with van der Waals surface area (Å²) in [5.74, 6) is 1.86. The minimum atomic E-state index is 0.624. The highest BCUT2D eigenvalue weighted by Crippen LogP contribution is 2.36. The topological polar surface area (TPSA) is 21.7 Å². The molecule has 4 rings (SSSR count). The zero-order valence-corrected chi connectivity index (χ0v) is 16.3. The first kappa shape index (κ1) is 16.3. The zero-order valence-electron chi connectivity index (χ0n) is 15.5. The van der Waals surface area contributed by atoms with Crippen LogP contribution in [0.2, 0.25) is 0 Å². The number of hydrogen-bond acceptors (Lipinski definition) is 2. The molecule has 4 aromatic rings. The summed E-state index contributed by atoms with van der Waals surface area (Å²) in [5, 5.41) is 1.23. The molecule has 0 atom stereocenters. The smallest absolute Gasteiger partial charge is 0.241 e. The number of hydrogen-bond donors (Lipinski definition) is 0. The molecule has 2 aromatic carbocycles. The molecule has 0 spiro atoms. The molecule has 0 N–H and O–H groups in total. The van der Waals surface area contributed by atoms with Gasteiger partial charge in [0.05, 0.1) is 34.9 Å². The molecule has 0 amide bonds. The molecule has 0 unspecified atom stereocenters. The fourth-order valence-electron chi connectivity index (χ4n) is 3.67. The van der Waals surface area contributed by atoms with Gasteiger partial charge in [-0.25, -0.2) is 14.1 Å². The lowest BCUT2D eigenvalue weighted by atomic mass is 10.1. The fraction of sp³-hybridized carbons (Fsp3) is 0.333. The van der Waals surface area contributed by atoms with Gasteiger partial charge < -0.3 is 0 Å². The molecule has 25 heavy (non-hydrogen) atoms. The van der Waals surface area contributed by atoms with Crippen molar-refractivity contribution < 1.29 is 4.57 Å². The molecule has 4 heteroatoms. The number of fused-ring (bicyclic) bond motifs is 2. The highest BCUT2D eigenvalue weighted by Gasteiger charge is 2.26. The standard InChI is InChI=1S/C21H24N3S/c1-13(2)12-18-22-15-11-10-14(3)19(20(15)25-18)21-23(4)16-8-6-7-9-17(16)24(21)5/h6-11,13H,12H2,1-5H3/q+1. The number of aromatic nitrogens is 3. The summed E-state index contributed by atoms with van der Waals surface area (Å²) in [6.07, 6.45) is 1.04. The van der Waals surface area contributed by atoms with E-state index in [1.807, 2.05) is 11.3 Å². The quantitative estimate of drug-likeness (QED) is 0.487. The summed E-state index contributed by atoms with van der Waals surface area (Å²) in [7, 11) is 4.32. The van der Waals surface area contributed by atoms with Crippen LogP contribution >= 0.6 is 11.3 Å². The highest BCUT2D eigenvalue weighted by molar-refractivity contribution is 7.19. The molecule has 0 fully saturated rings. The lowest BCUT2D eigenvalue weighted by molar-refractivity contribution is -0.634. The summed E-state index contributed by atoms with van der Waals surface area (Å²) >= 11 is 1.85. The summed E-state index contributed by atoms with van der Waals surface area (Å²) in [6, 6.07) is 12.9. The van der Waals surface area contributed by atoms with Crippen LogP contribution in [0.4, 0.5) is 0 Å². The van der Waals surface area contributed by atoms with Gasteiger partial charge in [-0.05, 0) is 36.6 Å². The molecule has 0 radical (unpaired) electrons. The van der Waals surface area contributed by atoms with Gasteiger partial charge in [0.2, 0.25) is 0 Å². The van der Waals surface area contributed by atoms with Gasteiger partial charge in [-0.15, -0.1) is 11.3 Å². The Kier molecular flexibility index (Phi) is 3.88.